The van der Waals surface area contributed by atoms with E-state index in [1.165, 1.54) is 0 Å². The molecule has 2 aliphatic heterocycles. The summed E-state index contributed by atoms with van der Waals surface area (Å²) in [6.45, 7) is 7.98. The summed E-state index contributed by atoms with van der Waals surface area (Å²) in [6, 6.07) is -0.0475. The molecule has 2 aliphatic rings. The van der Waals surface area contributed by atoms with Crippen LogP contribution in [0.3, 0.4) is 0 Å². The van der Waals surface area contributed by atoms with E-state index in [2.05, 4.69) is 13.8 Å². The van der Waals surface area contributed by atoms with Crippen LogP contribution in [0.2, 0.25) is 0 Å². The molecular formula is C11H19NO3. The first-order valence-corrected chi connectivity index (χ1v) is 5.53. The van der Waals surface area contributed by atoms with Gasteiger partial charge in [-0.05, 0) is 26.2 Å². The van der Waals surface area contributed by atoms with Gasteiger partial charge in [-0.2, -0.15) is 0 Å². The van der Waals surface area contributed by atoms with Crippen molar-refractivity contribution in [2.45, 2.75) is 58.1 Å². The number of ether oxygens (including phenoxy) is 1. The number of hydrogen-bond acceptors (Lipinski definition) is 3. The van der Waals surface area contributed by atoms with Gasteiger partial charge in [-0.3, -0.25) is 4.79 Å². The predicted molar refractivity (Wildman–Crippen MR) is 55.0 cm³/mol. The maximum absolute atomic E-state index is 11.5. The van der Waals surface area contributed by atoms with Gasteiger partial charge >= 0.3 is 0 Å². The molecule has 2 unspecified atom stereocenters. The van der Waals surface area contributed by atoms with Crippen molar-refractivity contribution in [1.82, 2.24) is 4.90 Å². The Kier molecular flexibility index (Phi) is 2.32. The van der Waals surface area contributed by atoms with E-state index in [0.717, 1.165) is 6.42 Å². The van der Waals surface area contributed by atoms with Crippen LogP contribution in [0.4, 0.5) is 0 Å². The minimum absolute atomic E-state index is 0.0475. The molecule has 4 heteroatoms. The van der Waals surface area contributed by atoms with Gasteiger partial charge < -0.3 is 14.7 Å². The smallest absolute Gasteiger partial charge is 0.256 e. The molecule has 0 aromatic carbocycles. The molecule has 0 saturated carbocycles. The van der Waals surface area contributed by atoms with Crippen molar-refractivity contribution in [3.8, 4) is 0 Å². The molecule has 2 fully saturated rings. The van der Waals surface area contributed by atoms with E-state index >= 15 is 0 Å². The minimum atomic E-state index is -0.811. The lowest BCUT2D eigenvalue weighted by Gasteiger charge is -2.58. The number of nitrogens with zero attached hydrogens (tertiary/aromatic N) is 1. The van der Waals surface area contributed by atoms with Crippen LogP contribution < -0.4 is 0 Å². The largest absolute Gasteiger partial charge is 0.381 e. The first-order chi connectivity index (χ1) is 6.84. The molecule has 1 N–H and O–H groups in total. The molecular weight excluding hydrogens is 194 g/mol. The molecule has 0 aromatic rings. The van der Waals surface area contributed by atoms with E-state index in [4.69, 9.17) is 4.74 Å². The molecule has 3 atom stereocenters. The Morgan fingerprint density at radius 2 is 2.13 bits per heavy atom. The zero-order chi connectivity index (χ0) is 11.4. The van der Waals surface area contributed by atoms with E-state index in [1.807, 2.05) is 13.8 Å². The Morgan fingerprint density at radius 3 is 2.67 bits per heavy atom. The number of hydrogen-bond donors (Lipinski definition) is 1. The van der Waals surface area contributed by atoms with Gasteiger partial charge in [0.1, 0.15) is 5.72 Å². The molecule has 4 nitrogen and oxygen atoms in total. The number of rotatable bonds is 1. The zero-order valence-electron chi connectivity index (χ0n) is 9.73. The Morgan fingerprint density at radius 1 is 1.53 bits per heavy atom. The van der Waals surface area contributed by atoms with Crippen molar-refractivity contribution in [3.63, 3.8) is 0 Å². The van der Waals surface area contributed by atoms with Crippen molar-refractivity contribution < 1.29 is 14.6 Å². The molecule has 0 aliphatic carbocycles. The van der Waals surface area contributed by atoms with Crippen LogP contribution in [-0.2, 0) is 9.53 Å². The first kappa shape index (κ1) is 10.9. The van der Waals surface area contributed by atoms with Crippen LogP contribution in [-0.4, -0.2) is 39.9 Å². The molecule has 0 bridgehead atoms. The van der Waals surface area contributed by atoms with Crippen molar-refractivity contribution in [2.24, 2.45) is 5.92 Å². The summed E-state index contributed by atoms with van der Waals surface area (Å²) in [6.07, 6.45) is 0.0620. The van der Waals surface area contributed by atoms with E-state index in [9.17, 15) is 9.90 Å². The topological polar surface area (TPSA) is 49.8 Å². The highest BCUT2D eigenvalue weighted by molar-refractivity contribution is 5.88. The standard InChI is InChI=1S/C11H19NO3/c1-6(2)8-5-7-9(13)10(14)12(7)11(3,4)15-8/h6-9,13H,5H2,1-4H3/t7?,8?,9-/m1/s1. The highest BCUT2D eigenvalue weighted by Gasteiger charge is 2.57. The number of fused-ring (bicyclic) bond motifs is 1. The average molecular weight is 213 g/mol. The fourth-order valence-corrected chi connectivity index (χ4v) is 2.55. The second kappa shape index (κ2) is 3.19. The van der Waals surface area contributed by atoms with Gasteiger partial charge in [0, 0.05) is 0 Å². The molecule has 1 amide bonds. The summed E-state index contributed by atoms with van der Waals surface area (Å²) in [5.41, 5.74) is -0.575. The second-order valence-electron chi connectivity index (χ2n) is 5.30. The van der Waals surface area contributed by atoms with Gasteiger partial charge in [0.05, 0.1) is 12.1 Å². The Balaban J connectivity index is 2.18. The van der Waals surface area contributed by atoms with Gasteiger partial charge in [0.25, 0.3) is 5.91 Å². The summed E-state index contributed by atoms with van der Waals surface area (Å²) in [5.74, 6) is 0.210. The number of carbonyl (C=O) groups excluding carboxylic acids is 1. The van der Waals surface area contributed by atoms with Gasteiger partial charge in [0.2, 0.25) is 0 Å². The number of carbonyl (C=O) groups is 1. The molecule has 2 rings (SSSR count). The fraction of sp³-hybridized carbons (Fsp3) is 0.909. The van der Waals surface area contributed by atoms with Crippen LogP contribution in [0.15, 0.2) is 0 Å². The van der Waals surface area contributed by atoms with Crippen LogP contribution in [0, 0.1) is 5.92 Å². The van der Waals surface area contributed by atoms with Crippen molar-refractivity contribution in [1.29, 1.82) is 0 Å². The molecule has 2 saturated heterocycles. The minimum Gasteiger partial charge on any atom is -0.381 e. The van der Waals surface area contributed by atoms with Gasteiger partial charge in [-0.25, -0.2) is 0 Å². The predicted octanol–water partition coefficient (Wildman–Crippen LogP) is 0.739. The number of aliphatic hydroxyl groups excluding tert-OH is 1. The SMILES string of the molecule is CC(C)C1CC2[C@@H](O)C(=O)N2C(C)(C)O1. The fourth-order valence-electron chi connectivity index (χ4n) is 2.55. The quantitative estimate of drug-likeness (QED) is 0.654. The lowest BCUT2D eigenvalue weighted by Crippen LogP contribution is -2.75. The van der Waals surface area contributed by atoms with Crippen molar-refractivity contribution in [2.75, 3.05) is 0 Å². The van der Waals surface area contributed by atoms with E-state index in [0.29, 0.717) is 5.92 Å². The zero-order valence-corrected chi connectivity index (χ0v) is 9.73. The first-order valence-electron chi connectivity index (χ1n) is 5.53. The second-order valence-corrected chi connectivity index (χ2v) is 5.30. The third-order valence-corrected chi connectivity index (χ3v) is 3.42. The Hall–Kier alpha value is -0.610. The number of β-lactam (4-membered cyclic amide) rings is 1. The summed E-state index contributed by atoms with van der Waals surface area (Å²) >= 11 is 0. The van der Waals surface area contributed by atoms with Crippen LogP contribution >= 0.6 is 0 Å². The van der Waals surface area contributed by atoms with Crippen LogP contribution in [0.5, 0.6) is 0 Å². The van der Waals surface area contributed by atoms with Crippen molar-refractivity contribution >= 4 is 5.91 Å². The third-order valence-electron chi connectivity index (χ3n) is 3.42. The summed E-state index contributed by atoms with van der Waals surface area (Å²) < 4.78 is 5.88. The molecule has 15 heavy (non-hydrogen) atoms. The highest BCUT2D eigenvalue weighted by Crippen LogP contribution is 2.40. The summed E-state index contributed by atoms with van der Waals surface area (Å²) in [4.78, 5) is 13.1. The van der Waals surface area contributed by atoms with Crippen LogP contribution in [0.1, 0.15) is 34.1 Å². The maximum atomic E-state index is 11.5. The Bertz CT molecular complexity index is 288. The maximum Gasteiger partial charge on any atom is 0.256 e. The van der Waals surface area contributed by atoms with E-state index < -0.39 is 11.8 Å². The highest BCUT2D eigenvalue weighted by atomic mass is 16.5. The van der Waals surface area contributed by atoms with Crippen LogP contribution in [0.25, 0.3) is 0 Å². The number of aliphatic hydroxyl groups is 1. The average Bonchev–Trinajstić information content (AvgIpc) is 2.14. The summed E-state index contributed by atoms with van der Waals surface area (Å²) in [5, 5.41) is 9.60. The monoisotopic (exact) mass is 213 g/mol. The third kappa shape index (κ3) is 1.47. The van der Waals surface area contributed by atoms with Gasteiger partial charge in [-0.1, -0.05) is 13.8 Å². The van der Waals surface area contributed by atoms with Crippen molar-refractivity contribution in [3.05, 3.63) is 0 Å². The van der Waals surface area contributed by atoms with E-state index in [1.54, 1.807) is 4.90 Å². The lowest BCUT2D eigenvalue weighted by molar-refractivity contribution is -0.268. The Labute approximate surface area is 90.2 Å². The van der Waals surface area contributed by atoms with E-state index in [-0.39, 0.29) is 18.1 Å². The molecule has 0 aromatic heterocycles. The molecule has 86 valence electrons. The lowest BCUT2D eigenvalue weighted by atomic mass is 9.84. The molecule has 0 radical (unpaired) electrons. The summed E-state index contributed by atoms with van der Waals surface area (Å²) in [7, 11) is 0. The normalized spacial score (nSPS) is 38.9. The molecule has 0 spiro atoms. The molecule has 2 heterocycles. The van der Waals surface area contributed by atoms with Gasteiger partial charge in [0.15, 0.2) is 6.10 Å². The van der Waals surface area contributed by atoms with Gasteiger partial charge in [-0.15, -0.1) is 0 Å². The number of amides is 1.